The summed E-state index contributed by atoms with van der Waals surface area (Å²) in [5, 5.41) is 12.4. The van der Waals surface area contributed by atoms with Gasteiger partial charge in [0.05, 0.1) is 5.56 Å². The van der Waals surface area contributed by atoms with E-state index in [1.165, 1.54) is 12.8 Å². The van der Waals surface area contributed by atoms with Gasteiger partial charge in [-0.05, 0) is 49.4 Å². The fraction of sp³-hybridized carbons (Fsp3) is 0.500. The van der Waals surface area contributed by atoms with Crippen LogP contribution >= 0.6 is 0 Å². The number of aromatic carboxylic acids is 1. The second kappa shape index (κ2) is 5.32. The van der Waals surface area contributed by atoms with E-state index in [4.69, 9.17) is 5.11 Å². The maximum Gasteiger partial charge on any atom is 0.335 e. The molecule has 0 heterocycles. The summed E-state index contributed by atoms with van der Waals surface area (Å²) in [6, 6.07) is 7.86. The van der Waals surface area contributed by atoms with Crippen LogP contribution in [0.1, 0.15) is 35.7 Å². The summed E-state index contributed by atoms with van der Waals surface area (Å²) in [5.41, 5.74) is 1.46. The lowest BCUT2D eigenvalue weighted by molar-refractivity contribution is 0.0696. The van der Waals surface area contributed by atoms with Crippen LogP contribution in [0.3, 0.4) is 0 Å². The van der Waals surface area contributed by atoms with Gasteiger partial charge in [0.25, 0.3) is 0 Å². The summed E-state index contributed by atoms with van der Waals surface area (Å²) in [6.45, 7) is 3.20. The fourth-order valence-electron chi connectivity index (χ4n) is 2.35. The maximum atomic E-state index is 10.8. The molecular formula is C14H19NO2. The van der Waals surface area contributed by atoms with E-state index in [0.717, 1.165) is 24.4 Å². The molecule has 1 aromatic carbocycles. The van der Waals surface area contributed by atoms with Crippen molar-refractivity contribution in [2.45, 2.75) is 32.2 Å². The number of benzene rings is 1. The van der Waals surface area contributed by atoms with E-state index < -0.39 is 5.97 Å². The Labute approximate surface area is 102 Å². The Morgan fingerprint density at radius 2 is 2.24 bits per heavy atom. The molecule has 0 aliphatic heterocycles. The molecule has 0 spiro atoms. The quantitative estimate of drug-likeness (QED) is 0.820. The Kier molecular flexibility index (Phi) is 3.79. The minimum Gasteiger partial charge on any atom is -0.478 e. The molecule has 3 heteroatoms. The van der Waals surface area contributed by atoms with Crippen molar-refractivity contribution < 1.29 is 9.90 Å². The van der Waals surface area contributed by atoms with E-state index in [-0.39, 0.29) is 0 Å². The Bertz CT molecular complexity index is 397. The van der Waals surface area contributed by atoms with Gasteiger partial charge < -0.3 is 10.4 Å². The second-order valence-electron chi connectivity index (χ2n) is 4.98. The van der Waals surface area contributed by atoms with Crippen molar-refractivity contribution in [3.8, 4) is 0 Å². The highest BCUT2D eigenvalue weighted by Gasteiger charge is 2.24. The molecule has 92 valence electrons. The highest BCUT2D eigenvalue weighted by Crippen LogP contribution is 2.26. The number of carboxylic acid groups (broad SMARTS) is 1. The van der Waals surface area contributed by atoms with Crippen LogP contribution in [-0.4, -0.2) is 23.7 Å². The van der Waals surface area contributed by atoms with Gasteiger partial charge in [-0.3, -0.25) is 0 Å². The summed E-state index contributed by atoms with van der Waals surface area (Å²) in [4.78, 5) is 10.8. The Hall–Kier alpha value is -1.35. The molecule has 1 fully saturated rings. The Morgan fingerprint density at radius 3 is 2.88 bits per heavy atom. The SMILES string of the molecule is CC1CC(NCCc2cccc(C(=O)O)c2)C1. The van der Waals surface area contributed by atoms with Crippen molar-refractivity contribution in [2.75, 3.05) is 6.54 Å². The zero-order valence-corrected chi connectivity index (χ0v) is 10.1. The van der Waals surface area contributed by atoms with Crippen LogP contribution in [0.2, 0.25) is 0 Å². The molecule has 3 nitrogen and oxygen atoms in total. The summed E-state index contributed by atoms with van der Waals surface area (Å²) in [5.74, 6) is 0.00969. The predicted molar refractivity (Wildman–Crippen MR) is 67.3 cm³/mol. The smallest absolute Gasteiger partial charge is 0.335 e. The first-order valence-corrected chi connectivity index (χ1v) is 6.21. The average Bonchev–Trinajstić information content (AvgIpc) is 2.27. The number of hydrogen-bond acceptors (Lipinski definition) is 2. The third kappa shape index (κ3) is 3.30. The Morgan fingerprint density at radius 1 is 1.47 bits per heavy atom. The first kappa shape index (κ1) is 12.1. The molecule has 2 N–H and O–H groups in total. The van der Waals surface area contributed by atoms with Gasteiger partial charge in [0.15, 0.2) is 0 Å². The molecule has 1 aromatic rings. The van der Waals surface area contributed by atoms with Gasteiger partial charge in [-0.15, -0.1) is 0 Å². The minimum atomic E-state index is -0.854. The first-order valence-electron chi connectivity index (χ1n) is 6.21. The van der Waals surface area contributed by atoms with Gasteiger partial charge in [-0.1, -0.05) is 19.1 Å². The van der Waals surface area contributed by atoms with Crippen molar-refractivity contribution in [1.82, 2.24) is 5.32 Å². The lowest BCUT2D eigenvalue weighted by Gasteiger charge is -2.33. The number of carbonyl (C=O) groups is 1. The third-order valence-corrected chi connectivity index (χ3v) is 3.39. The van der Waals surface area contributed by atoms with Gasteiger partial charge in [0, 0.05) is 6.04 Å². The molecule has 0 amide bonds. The van der Waals surface area contributed by atoms with Crippen LogP contribution in [0.5, 0.6) is 0 Å². The minimum absolute atomic E-state index is 0.375. The van der Waals surface area contributed by atoms with Crippen LogP contribution in [0, 0.1) is 5.92 Å². The zero-order valence-electron chi connectivity index (χ0n) is 10.1. The topological polar surface area (TPSA) is 49.3 Å². The van der Waals surface area contributed by atoms with Gasteiger partial charge >= 0.3 is 5.97 Å². The van der Waals surface area contributed by atoms with E-state index >= 15 is 0 Å². The molecule has 0 saturated heterocycles. The van der Waals surface area contributed by atoms with Gasteiger partial charge in [-0.2, -0.15) is 0 Å². The lowest BCUT2D eigenvalue weighted by Crippen LogP contribution is -2.40. The van der Waals surface area contributed by atoms with Gasteiger partial charge in [0.1, 0.15) is 0 Å². The number of hydrogen-bond donors (Lipinski definition) is 2. The zero-order chi connectivity index (χ0) is 12.3. The second-order valence-corrected chi connectivity index (χ2v) is 4.98. The standard InChI is InChI=1S/C14H19NO2/c1-10-7-13(8-10)15-6-5-11-3-2-4-12(9-11)14(16)17/h2-4,9-10,13,15H,5-8H2,1H3,(H,16,17). The lowest BCUT2D eigenvalue weighted by atomic mass is 9.82. The Balaban J connectivity index is 1.78. The monoisotopic (exact) mass is 233 g/mol. The van der Waals surface area contributed by atoms with Crippen molar-refractivity contribution in [3.63, 3.8) is 0 Å². The number of nitrogens with one attached hydrogen (secondary N) is 1. The molecule has 1 aliphatic carbocycles. The molecule has 0 aromatic heterocycles. The van der Waals surface area contributed by atoms with Crippen molar-refractivity contribution in [1.29, 1.82) is 0 Å². The van der Waals surface area contributed by atoms with E-state index in [2.05, 4.69) is 12.2 Å². The molecule has 0 bridgehead atoms. The van der Waals surface area contributed by atoms with E-state index in [1.807, 2.05) is 12.1 Å². The van der Waals surface area contributed by atoms with Crippen LogP contribution < -0.4 is 5.32 Å². The summed E-state index contributed by atoms with van der Waals surface area (Å²) in [7, 11) is 0. The highest BCUT2D eigenvalue weighted by atomic mass is 16.4. The van der Waals surface area contributed by atoms with Crippen molar-refractivity contribution in [2.24, 2.45) is 5.92 Å². The van der Waals surface area contributed by atoms with E-state index in [9.17, 15) is 4.79 Å². The molecule has 1 saturated carbocycles. The summed E-state index contributed by atoms with van der Waals surface area (Å²) in [6.07, 6.45) is 3.44. The summed E-state index contributed by atoms with van der Waals surface area (Å²) >= 11 is 0. The highest BCUT2D eigenvalue weighted by molar-refractivity contribution is 5.87. The molecule has 17 heavy (non-hydrogen) atoms. The predicted octanol–water partition coefficient (Wildman–Crippen LogP) is 2.32. The van der Waals surface area contributed by atoms with Crippen LogP contribution in [0.4, 0.5) is 0 Å². The molecule has 0 unspecified atom stereocenters. The molecule has 2 rings (SSSR count). The first-order chi connectivity index (χ1) is 8.15. The fourth-order valence-corrected chi connectivity index (χ4v) is 2.35. The molecular weight excluding hydrogens is 214 g/mol. The summed E-state index contributed by atoms with van der Waals surface area (Å²) < 4.78 is 0. The van der Waals surface area contributed by atoms with Gasteiger partial charge in [0.2, 0.25) is 0 Å². The third-order valence-electron chi connectivity index (χ3n) is 3.39. The van der Waals surface area contributed by atoms with Crippen molar-refractivity contribution in [3.05, 3.63) is 35.4 Å². The van der Waals surface area contributed by atoms with E-state index in [0.29, 0.717) is 11.6 Å². The molecule has 0 atom stereocenters. The van der Waals surface area contributed by atoms with Crippen LogP contribution in [-0.2, 0) is 6.42 Å². The largest absolute Gasteiger partial charge is 0.478 e. The maximum absolute atomic E-state index is 10.8. The number of rotatable bonds is 5. The van der Waals surface area contributed by atoms with E-state index in [1.54, 1.807) is 12.1 Å². The van der Waals surface area contributed by atoms with Crippen LogP contribution in [0.15, 0.2) is 24.3 Å². The van der Waals surface area contributed by atoms with Gasteiger partial charge in [-0.25, -0.2) is 4.79 Å². The number of carboxylic acids is 1. The normalized spacial score (nSPS) is 23.1. The molecule has 1 aliphatic rings. The average molecular weight is 233 g/mol. The van der Waals surface area contributed by atoms with Crippen LogP contribution in [0.25, 0.3) is 0 Å². The molecule has 0 radical (unpaired) electrons. The van der Waals surface area contributed by atoms with Crippen molar-refractivity contribution >= 4 is 5.97 Å².